The van der Waals surface area contributed by atoms with Crippen LogP contribution >= 0.6 is 0 Å². The maximum Gasteiger partial charge on any atom is -0.0147 e. The molecule has 0 aromatic rings. The molecular weight excluding hydrogens is 120 g/mol. The molecule has 0 bridgehead atoms. The fraction of sp³-hybridized carbons (Fsp3) is 0.800. The number of hydrogen-bond acceptors (Lipinski definition) is 0. The molecule has 0 radical (unpaired) electrons. The highest BCUT2D eigenvalue weighted by molar-refractivity contribution is 5.11. The summed E-state index contributed by atoms with van der Waals surface area (Å²) in [5.74, 6) is 0. The first-order chi connectivity index (χ1) is 4.63. The highest BCUT2D eigenvalue weighted by Gasteiger charge is 2.26. The Hall–Kier alpha value is -0.260. The normalized spacial score (nSPS) is 21.8. The van der Waals surface area contributed by atoms with Crippen LogP contribution in [0.1, 0.15) is 47.0 Å². The highest BCUT2D eigenvalue weighted by Crippen LogP contribution is 2.40. The Morgan fingerprint density at radius 3 is 1.90 bits per heavy atom. The molecule has 10 heavy (non-hydrogen) atoms. The van der Waals surface area contributed by atoms with Crippen LogP contribution in [0.3, 0.4) is 0 Å². The number of hydrogen-bond donors (Lipinski definition) is 0. The molecule has 0 heterocycles. The van der Waals surface area contributed by atoms with Crippen molar-refractivity contribution in [3.63, 3.8) is 0 Å². The van der Waals surface area contributed by atoms with Crippen molar-refractivity contribution in [1.82, 2.24) is 0 Å². The van der Waals surface area contributed by atoms with Crippen molar-refractivity contribution in [2.24, 2.45) is 5.41 Å². The monoisotopic (exact) mass is 140 g/mol. The summed E-state index contributed by atoms with van der Waals surface area (Å²) in [5.41, 5.74) is 1.90. The van der Waals surface area contributed by atoms with Crippen LogP contribution in [-0.4, -0.2) is 0 Å². The van der Waals surface area contributed by atoms with Gasteiger partial charge in [0.25, 0.3) is 0 Å². The van der Waals surface area contributed by atoms with Gasteiger partial charge in [-0.1, -0.05) is 39.8 Å². The van der Waals surface area contributed by atoms with E-state index in [0.717, 1.165) is 0 Å². The fourth-order valence-corrected chi connectivity index (χ4v) is 1.26. The Bertz CT molecular complexity index is 109. The van der Waals surface area contributed by atoms with Crippen LogP contribution in [0.4, 0.5) is 0 Å². The van der Waals surface area contributed by atoms with E-state index in [1.54, 1.807) is 0 Å². The molecule has 0 unspecified atom stereocenters. The van der Waals surface area contributed by atoms with Crippen LogP contribution in [0, 0.1) is 5.41 Å². The zero-order valence-electron chi connectivity index (χ0n) is 7.83. The summed E-state index contributed by atoms with van der Waals surface area (Å²) < 4.78 is 0. The molecule has 0 nitrogen and oxygen atoms in total. The largest absolute Gasteiger partial charge is 0.0993 e. The van der Waals surface area contributed by atoms with E-state index in [2.05, 4.69) is 20.4 Å². The standard InChI is InChI=1S/C8H14.C2H6/c1-7-5-4-6-8(7,2)3;1-2/h1,4-6H2,2-3H3;1-2H3. The van der Waals surface area contributed by atoms with Gasteiger partial charge in [0.05, 0.1) is 0 Å². The van der Waals surface area contributed by atoms with E-state index in [4.69, 9.17) is 0 Å². The summed E-state index contributed by atoms with van der Waals surface area (Å²) in [7, 11) is 0. The third kappa shape index (κ3) is 2.17. The summed E-state index contributed by atoms with van der Waals surface area (Å²) in [6.07, 6.45) is 3.95. The molecule has 0 aromatic heterocycles. The van der Waals surface area contributed by atoms with Gasteiger partial charge in [0.15, 0.2) is 0 Å². The van der Waals surface area contributed by atoms with E-state index in [9.17, 15) is 0 Å². The molecule has 60 valence electrons. The molecule has 0 aliphatic heterocycles. The average Bonchev–Trinajstić information content (AvgIpc) is 2.17. The highest BCUT2D eigenvalue weighted by atomic mass is 14.3. The number of rotatable bonds is 0. The second-order valence-corrected chi connectivity index (χ2v) is 3.34. The van der Waals surface area contributed by atoms with Crippen molar-refractivity contribution in [1.29, 1.82) is 0 Å². The predicted octanol–water partition coefficient (Wildman–Crippen LogP) is 3.78. The zero-order chi connectivity index (χ0) is 8.20. The minimum Gasteiger partial charge on any atom is -0.0993 e. The van der Waals surface area contributed by atoms with Gasteiger partial charge < -0.3 is 0 Å². The quantitative estimate of drug-likeness (QED) is 0.449. The lowest BCUT2D eigenvalue weighted by Crippen LogP contribution is -2.05. The molecule has 0 N–H and O–H groups in total. The van der Waals surface area contributed by atoms with Crippen LogP contribution < -0.4 is 0 Å². The van der Waals surface area contributed by atoms with Gasteiger partial charge in [-0.3, -0.25) is 0 Å². The van der Waals surface area contributed by atoms with Gasteiger partial charge in [-0.15, -0.1) is 0 Å². The van der Waals surface area contributed by atoms with Gasteiger partial charge in [0.1, 0.15) is 0 Å². The van der Waals surface area contributed by atoms with Crippen LogP contribution in [0.2, 0.25) is 0 Å². The molecule has 1 rings (SSSR count). The van der Waals surface area contributed by atoms with Crippen LogP contribution in [0.25, 0.3) is 0 Å². The maximum atomic E-state index is 4.01. The van der Waals surface area contributed by atoms with Gasteiger partial charge >= 0.3 is 0 Å². The first kappa shape index (κ1) is 9.74. The molecule has 0 amide bonds. The van der Waals surface area contributed by atoms with Crippen LogP contribution in [0.5, 0.6) is 0 Å². The molecule has 1 aliphatic carbocycles. The van der Waals surface area contributed by atoms with Gasteiger partial charge in [-0.25, -0.2) is 0 Å². The molecular formula is C10H20. The average molecular weight is 140 g/mol. The van der Waals surface area contributed by atoms with E-state index < -0.39 is 0 Å². The Morgan fingerprint density at radius 1 is 1.30 bits per heavy atom. The van der Waals surface area contributed by atoms with Crippen molar-refractivity contribution >= 4 is 0 Å². The van der Waals surface area contributed by atoms with Gasteiger partial charge in [0, 0.05) is 0 Å². The predicted molar refractivity (Wildman–Crippen MR) is 48.1 cm³/mol. The summed E-state index contributed by atoms with van der Waals surface area (Å²) in [6, 6.07) is 0. The lowest BCUT2D eigenvalue weighted by Gasteiger charge is -2.17. The molecule has 1 aliphatic rings. The fourth-order valence-electron chi connectivity index (χ4n) is 1.26. The molecule has 0 aromatic carbocycles. The third-order valence-corrected chi connectivity index (χ3v) is 2.24. The Kier molecular flexibility index (Phi) is 3.70. The second-order valence-electron chi connectivity index (χ2n) is 3.34. The lowest BCUT2D eigenvalue weighted by atomic mass is 9.88. The lowest BCUT2D eigenvalue weighted by molar-refractivity contribution is 0.463. The summed E-state index contributed by atoms with van der Waals surface area (Å²) >= 11 is 0. The van der Waals surface area contributed by atoms with Crippen molar-refractivity contribution < 1.29 is 0 Å². The maximum absolute atomic E-state index is 4.01. The molecule has 1 saturated carbocycles. The molecule has 0 saturated heterocycles. The van der Waals surface area contributed by atoms with Crippen molar-refractivity contribution in [3.8, 4) is 0 Å². The van der Waals surface area contributed by atoms with E-state index >= 15 is 0 Å². The second kappa shape index (κ2) is 3.80. The van der Waals surface area contributed by atoms with Crippen molar-refractivity contribution in [2.45, 2.75) is 47.0 Å². The minimum atomic E-state index is 0.458. The molecule has 0 atom stereocenters. The SMILES string of the molecule is C=C1CCCC1(C)C.CC. The van der Waals surface area contributed by atoms with Crippen LogP contribution in [0.15, 0.2) is 12.2 Å². The zero-order valence-corrected chi connectivity index (χ0v) is 7.83. The van der Waals surface area contributed by atoms with Crippen molar-refractivity contribution in [3.05, 3.63) is 12.2 Å². The number of allylic oxidation sites excluding steroid dienone is 1. The van der Waals surface area contributed by atoms with Gasteiger partial charge in [0.2, 0.25) is 0 Å². The minimum absolute atomic E-state index is 0.458. The molecule has 0 heteroatoms. The van der Waals surface area contributed by atoms with Crippen molar-refractivity contribution in [2.75, 3.05) is 0 Å². The first-order valence-corrected chi connectivity index (χ1v) is 4.31. The van der Waals surface area contributed by atoms with E-state index in [0.29, 0.717) is 5.41 Å². The smallest absolute Gasteiger partial charge is 0.0147 e. The van der Waals surface area contributed by atoms with E-state index in [1.165, 1.54) is 24.8 Å². The Morgan fingerprint density at radius 2 is 1.80 bits per heavy atom. The Labute approximate surface area is 65.3 Å². The summed E-state index contributed by atoms with van der Waals surface area (Å²) in [6.45, 7) is 12.6. The topological polar surface area (TPSA) is 0 Å². The third-order valence-electron chi connectivity index (χ3n) is 2.24. The first-order valence-electron chi connectivity index (χ1n) is 4.31. The molecule has 1 fully saturated rings. The molecule has 0 spiro atoms. The van der Waals surface area contributed by atoms with E-state index in [-0.39, 0.29) is 0 Å². The van der Waals surface area contributed by atoms with E-state index in [1.807, 2.05) is 13.8 Å². The summed E-state index contributed by atoms with van der Waals surface area (Å²) in [4.78, 5) is 0. The summed E-state index contributed by atoms with van der Waals surface area (Å²) in [5, 5.41) is 0. The van der Waals surface area contributed by atoms with Gasteiger partial charge in [-0.05, 0) is 24.7 Å². The van der Waals surface area contributed by atoms with Crippen LogP contribution in [-0.2, 0) is 0 Å². The Balaban J connectivity index is 0.000000371. The van der Waals surface area contributed by atoms with Gasteiger partial charge in [-0.2, -0.15) is 0 Å².